The van der Waals surface area contributed by atoms with Crippen molar-refractivity contribution in [1.82, 2.24) is 0 Å². The van der Waals surface area contributed by atoms with E-state index >= 15 is 0 Å². The number of phosphoric acid groups is 1. The number of ether oxygens (including phenoxy) is 1. The lowest BCUT2D eigenvalue weighted by Crippen LogP contribution is -2.05. The normalized spacial score (nSPS) is 11.6. The van der Waals surface area contributed by atoms with Gasteiger partial charge in [0, 0.05) is 6.42 Å². The molecular weight excluding hydrogens is 411 g/mol. The summed E-state index contributed by atoms with van der Waals surface area (Å²) in [5, 5.41) is 0. The van der Waals surface area contributed by atoms with Gasteiger partial charge in [-0.1, -0.05) is 42.5 Å². The van der Waals surface area contributed by atoms with Gasteiger partial charge in [0.25, 0.3) is 0 Å². The second-order valence-corrected chi connectivity index (χ2v) is 8.56. The van der Waals surface area contributed by atoms with E-state index in [0.717, 1.165) is 16.9 Å². The van der Waals surface area contributed by atoms with Crippen molar-refractivity contribution in [3.63, 3.8) is 0 Å². The van der Waals surface area contributed by atoms with Crippen LogP contribution in [-0.4, -0.2) is 6.61 Å². The van der Waals surface area contributed by atoms with Gasteiger partial charge in [0.05, 0.1) is 6.61 Å². The van der Waals surface area contributed by atoms with Crippen molar-refractivity contribution in [2.75, 3.05) is 6.61 Å². The lowest BCUT2D eigenvalue weighted by Gasteiger charge is -2.19. The molecule has 5 nitrogen and oxygen atoms in total. The van der Waals surface area contributed by atoms with Crippen LogP contribution >= 0.6 is 7.82 Å². The fourth-order valence-corrected chi connectivity index (χ4v) is 4.24. The molecule has 0 fully saturated rings. The Bertz CT molecular complexity index is 982. The third-order valence-corrected chi connectivity index (χ3v) is 5.57. The van der Waals surface area contributed by atoms with Crippen molar-refractivity contribution >= 4 is 7.82 Å². The molecule has 0 radical (unpaired) electrons. The number of phosphoric ester groups is 1. The molecule has 0 bridgehead atoms. The standard InChI is InChI=1S/C25H27O5P/c1-20-17-21(2)19-25(18-20)27-16-10-11-22(3)28-31(26,29-23-12-6-4-7-13-23)30-24-14-8-5-9-15-24/h4-9,11-15,17-19H,10,16H2,1-3H3/b22-11+. The Kier molecular flexibility index (Phi) is 7.80. The van der Waals surface area contributed by atoms with Crippen LogP contribution in [-0.2, 0) is 9.09 Å². The maximum atomic E-state index is 13.4. The van der Waals surface area contributed by atoms with E-state index < -0.39 is 7.82 Å². The molecule has 0 heterocycles. The molecule has 0 aromatic heterocycles. The van der Waals surface area contributed by atoms with Crippen LogP contribution in [0, 0.1) is 13.8 Å². The summed E-state index contributed by atoms with van der Waals surface area (Å²) in [6, 6.07) is 23.7. The molecule has 0 saturated carbocycles. The summed E-state index contributed by atoms with van der Waals surface area (Å²) >= 11 is 0. The summed E-state index contributed by atoms with van der Waals surface area (Å²) in [5.74, 6) is 2.05. The van der Waals surface area contributed by atoms with Gasteiger partial charge >= 0.3 is 7.82 Å². The van der Waals surface area contributed by atoms with Crippen LogP contribution in [0.5, 0.6) is 17.2 Å². The van der Waals surface area contributed by atoms with Crippen LogP contribution in [0.3, 0.4) is 0 Å². The lowest BCUT2D eigenvalue weighted by molar-refractivity contribution is 0.255. The van der Waals surface area contributed by atoms with Crippen molar-refractivity contribution in [3.8, 4) is 17.2 Å². The van der Waals surface area contributed by atoms with Crippen LogP contribution in [0.1, 0.15) is 24.5 Å². The molecule has 0 N–H and O–H groups in total. The number of allylic oxidation sites excluding steroid dienone is 1. The minimum Gasteiger partial charge on any atom is -0.493 e. The Balaban J connectivity index is 1.64. The summed E-state index contributed by atoms with van der Waals surface area (Å²) in [6.07, 6.45) is 2.38. The number of hydrogen-bond donors (Lipinski definition) is 0. The van der Waals surface area contributed by atoms with Gasteiger partial charge < -0.3 is 18.3 Å². The van der Waals surface area contributed by atoms with Crippen LogP contribution in [0.15, 0.2) is 90.7 Å². The van der Waals surface area contributed by atoms with Gasteiger partial charge in [0.1, 0.15) is 23.0 Å². The summed E-state index contributed by atoms with van der Waals surface area (Å²) < 4.78 is 36.0. The van der Waals surface area contributed by atoms with Crippen LogP contribution < -0.4 is 13.8 Å². The Hall–Kier alpha value is -3.17. The van der Waals surface area contributed by atoms with Crippen molar-refractivity contribution in [1.29, 1.82) is 0 Å². The molecule has 3 aromatic carbocycles. The highest BCUT2D eigenvalue weighted by atomic mass is 31.2. The maximum Gasteiger partial charge on any atom is 0.646 e. The number of aryl methyl sites for hydroxylation is 2. The number of rotatable bonds is 10. The molecule has 3 aromatic rings. The first-order valence-corrected chi connectivity index (χ1v) is 11.5. The quantitative estimate of drug-likeness (QED) is 0.189. The molecule has 0 atom stereocenters. The molecule has 0 aliphatic rings. The predicted molar refractivity (Wildman–Crippen MR) is 123 cm³/mol. The summed E-state index contributed by atoms with van der Waals surface area (Å²) in [7, 11) is -3.95. The van der Waals surface area contributed by atoms with E-state index in [1.54, 1.807) is 61.5 Å². The zero-order chi connectivity index (χ0) is 22.1. The Morgan fingerprint density at radius 1 is 0.806 bits per heavy atom. The lowest BCUT2D eigenvalue weighted by atomic mass is 10.1. The van der Waals surface area contributed by atoms with E-state index in [1.165, 1.54) is 0 Å². The molecule has 6 heteroatoms. The molecule has 0 unspecified atom stereocenters. The number of para-hydroxylation sites is 2. The zero-order valence-corrected chi connectivity index (χ0v) is 18.9. The van der Waals surface area contributed by atoms with Crippen LogP contribution in [0.2, 0.25) is 0 Å². The molecule has 0 spiro atoms. The highest BCUT2D eigenvalue weighted by Crippen LogP contribution is 2.51. The Morgan fingerprint density at radius 2 is 1.32 bits per heavy atom. The van der Waals surface area contributed by atoms with Crippen LogP contribution in [0.25, 0.3) is 0 Å². The van der Waals surface area contributed by atoms with Crippen molar-refractivity contribution in [2.45, 2.75) is 27.2 Å². The average Bonchev–Trinajstić information content (AvgIpc) is 2.72. The average molecular weight is 438 g/mol. The summed E-state index contributed by atoms with van der Waals surface area (Å²) in [6.45, 7) is 6.25. The molecule has 0 aliphatic carbocycles. The third kappa shape index (κ3) is 7.54. The van der Waals surface area contributed by atoms with Crippen molar-refractivity contribution in [3.05, 3.63) is 102 Å². The first-order chi connectivity index (χ1) is 14.9. The topological polar surface area (TPSA) is 54.0 Å². The second kappa shape index (κ2) is 10.7. The predicted octanol–water partition coefficient (Wildman–Crippen LogP) is 7.26. The molecule has 0 saturated heterocycles. The van der Waals surface area contributed by atoms with Crippen molar-refractivity contribution in [2.24, 2.45) is 0 Å². The Labute approximate surface area is 183 Å². The molecule has 162 valence electrons. The van der Waals surface area contributed by atoms with E-state index in [2.05, 4.69) is 6.07 Å². The first kappa shape index (κ1) is 22.5. The van der Waals surface area contributed by atoms with Gasteiger partial charge in [-0.3, -0.25) is 0 Å². The maximum absolute atomic E-state index is 13.4. The summed E-state index contributed by atoms with van der Waals surface area (Å²) in [4.78, 5) is 0. The van der Waals surface area contributed by atoms with E-state index in [-0.39, 0.29) is 0 Å². The molecule has 31 heavy (non-hydrogen) atoms. The minimum absolute atomic E-state index is 0.396. The SMILES string of the molecule is C/C(=C\CCOc1cc(C)cc(C)c1)OP(=O)(Oc1ccccc1)Oc1ccccc1. The highest BCUT2D eigenvalue weighted by molar-refractivity contribution is 7.49. The second-order valence-electron chi connectivity index (χ2n) is 7.12. The van der Waals surface area contributed by atoms with E-state index in [4.69, 9.17) is 18.3 Å². The molecular formula is C25H27O5P. The van der Waals surface area contributed by atoms with Crippen molar-refractivity contribution < 1.29 is 22.9 Å². The first-order valence-electron chi connectivity index (χ1n) is 10.1. The molecule has 0 amide bonds. The largest absolute Gasteiger partial charge is 0.646 e. The fraction of sp³-hybridized carbons (Fsp3) is 0.200. The van der Waals surface area contributed by atoms with Crippen LogP contribution in [0.4, 0.5) is 0 Å². The highest BCUT2D eigenvalue weighted by Gasteiger charge is 2.32. The molecule has 0 aliphatic heterocycles. The smallest absolute Gasteiger partial charge is 0.493 e. The zero-order valence-electron chi connectivity index (χ0n) is 18.0. The van der Waals surface area contributed by atoms with E-state index in [0.29, 0.717) is 30.3 Å². The summed E-state index contributed by atoms with van der Waals surface area (Å²) in [5.41, 5.74) is 2.31. The number of hydrogen-bond acceptors (Lipinski definition) is 5. The monoisotopic (exact) mass is 438 g/mol. The van der Waals surface area contributed by atoms with Gasteiger partial charge in [-0.15, -0.1) is 0 Å². The molecule has 3 rings (SSSR count). The third-order valence-electron chi connectivity index (χ3n) is 4.19. The van der Waals surface area contributed by atoms with Gasteiger partial charge in [-0.25, -0.2) is 0 Å². The van der Waals surface area contributed by atoms with Gasteiger partial charge in [0.15, 0.2) is 0 Å². The van der Waals surface area contributed by atoms with E-state index in [9.17, 15) is 4.57 Å². The number of benzene rings is 3. The Morgan fingerprint density at radius 3 is 1.84 bits per heavy atom. The van der Waals surface area contributed by atoms with Gasteiger partial charge in [-0.2, -0.15) is 4.57 Å². The fourth-order valence-electron chi connectivity index (χ4n) is 2.95. The van der Waals surface area contributed by atoms with Gasteiger partial charge in [-0.05, 0) is 74.4 Å². The van der Waals surface area contributed by atoms with Gasteiger partial charge in [0.2, 0.25) is 0 Å². The van der Waals surface area contributed by atoms with E-state index in [1.807, 2.05) is 38.1 Å². The minimum atomic E-state index is -3.95.